The van der Waals surface area contributed by atoms with E-state index >= 15 is 0 Å². The van der Waals surface area contributed by atoms with Crippen molar-refractivity contribution in [3.8, 4) is 0 Å². The normalized spacial score (nSPS) is 24.1. The van der Waals surface area contributed by atoms with Gasteiger partial charge in [-0.3, -0.25) is 4.72 Å². The summed E-state index contributed by atoms with van der Waals surface area (Å²) in [6.45, 7) is 3.28. The Morgan fingerprint density at radius 1 is 1.26 bits per heavy atom. The number of piperidine rings is 1. The minimum atomic E-state index is -1.19. The van der Waals surface area contributed by atoms with Crippen LogP contribution >= 0.6 is 11.3 Å². The summed E-state index contributed by atoms with van der Waals surface area (Å²) in [5.74, 6) is 0.850. The van der Waals surface area contributed by atoms with Gasteiger partial charge in [0, 0.05) is 17.5 Å². The average Bonchev–Trinajstić information content (AvgIpc) is 3.31. The first-order valence-corrected chi connectivity index (χ1v) is 10.3. The number of nitrogens with zero attached hydrogens (tertiary/aromatic N) is 1. The second-order valence-corrected chi connectivity index (χ2v) is 9.06. The Kier molecular flexibility index (Phi) is 4.16. The number of nitrogens with one attached hydrogen (secondary N) is 1. The average molecular weight is 347 g/mol. The molecule has 0 spiro atoms. The summed E-state index contributed by atoms with van der Waals surface area (Å²) < 4.78 is 16.8. The maximum absolute atomic E-state index is 12.7. The van der Waals surface area contributed by atoms with Crippen LogP contribution in [0.1, 0.15) is 31.1 Å². The molecule has 23 heavy (non-hydrogen) atoms. The van der Waals surface area contributed by atoms with E-state index in [9.17, 15) is 4.21 Å². The van der Waals surface area contributed by atoms with Crippen molar-refractivity contribution in [2.24, 2.45) is 5.92 Å². The number of aryl methyl sites for hydroxylation is 1. The third-order valence-corrected chi connectivity index (χ3v) is 7.63. The van der Waals surface area contributed by atoms with Crippen LogP contribution in [0.4, 0.5) is 11.4 Å². The van der Waals surface area contributed by atoms with Crippen molar-refractivity contribution < 1.29 is 4.21 Å². The quantitative estimate of drug-likeness (QED) is 0.868. The fourth-order valence-corrected chi connectivity index (χ4v) is 5.92. The molecule has 1 aromatic heterocycles. The molecule has 5 heteroatoms. The van der Waals surface area contributed by atoms with Gasteiger partial charge in [0.05, 0.1) is 11.4 Å². The lowest BCUT2D eigenvalue weighted by atomic mass is 10.1. The molecular weight excluding hydrogens is 324 g/mol. The van der Waals surface area contributed by atoms with E-state index in [1.165, 1.54) is 29.8 Å². The van der Waals surface area contributed by atoms with Gasteiger partial charge in [0.15, 0.2) is 11.0 Å². The zero-order chi connectivity index (χ0) is 15.8. The van der Waals surface area contributed by atoms with Crippen LogP contribution in [0.5, 0.6) is 0 Å². The molecule has 2 bridgehead atoms. The summed E-state index contributed by atoms with van der Waals surface area (Å²) in [7, 11) is -1.19. The van der Waals surface area contributed by atoms with Crippen molar-refractivity contribution in [1.82, 2.24) is 0 Å². The minimum Gasteiger partial charge on any atom is -0.367 e. The zero-order valence-corrected chi connectivity index (χ0v) is 15.0. The predicted octanol–water partition coefficient (Wildman–Crippen LogP) is 4.43. The van der Waals surface area contributed by atoms with E-state index in [0.717, 1.165) is 28.8 Å². The highest BCUT2D eigenvalue weighted by Crippen LogP contribution is 2.42. The maximum atomic E-state index is 12.7. The van der Waals surface area contributed by atoms with E-state index in [0.29, 0.717) is 6.04 Å². The molecule has 0 radical (unpaired) electrons. The largest absolute Gasteiger partial charge is 0.367 e. The Morgan fingerprint density at radius 3 is 2.83 bits per heavy atom. The van der Waals surface area contributed by atoms with Crippen LogP contribution in [0, 0.1) is 5.92 Å². The van der Waals surface area contributed by atoms with Gasteiger partial charge in [0.25, 0.3) is 0 Å². The van der Waals surface area contributed by atoms with Crippen LogP contribution in [0.25, 0.3) is 0 Å². The summed E-state index contributed by atoms with van der Waals surface area (Å²) in [6.07, 6.45) is 4.99. The highest BCUT2D eigenvalue weighted by molar-refractivity contribution is 7.88. The Morgan fingerprint density at radius 2 is 2.13 bits per heavy atom. The highest BCUT2D eigenvalue weighted by atomic mass is 32.2. The van der Waals surface area contributed by atoms with Crippen molar-refractivity contribution >= 4 is 33.7 Å². The zero-order valence-electron chi connectivity index (χ0n) is 13.3. The standard InChI is InChI=1S/C18H22N2OS2/c1-2-15-9-10-18(22-15)23(21)19-16-5-3-4-6-17(16)20-12-13-7-8-14(20)11-13/h3-6,9-10,13-14,19H,2,7-8,11-12H2,1H3. The first kappa shape index (κ1) is 15.2. The van der Waals surface area contributed by atoms with Crippen molar-refractivity contribution in [2.45, 2.75) is 42.9 Å². The molecule has 3 unspecified atom stereocenters. The number of thiophene rings is 1. The lowest BCUT2D eigenvalue weighted by molar-refractivity contribution is 0.554. The van der Waals surface area contributed by atoms with Crippen LogP contribution in [0.2, 0.25) is 0 Å². The Labute approximate surface area is 144 Å². The first-order valence-electron chi connectivity index (χ1n) is 8.37. The summed E-state index contributed by atoms with van der Waals surface area (Å²) in [6, 6.07) is 13.0. The van der Waals surface area contributed by atoms with Crippen LogP contribution in [-0.2, 0) is 17.4 Å². The lowest BCUT2D eigenvalue weighted by Crippen LogP contribution is -2.32. The van der Waals surface area contributed by atoms with Gasteiger partial charge in [0.1, 0.15) is 4.21 Å². The van der Waals surface area contributed by atoms with Crippen LogP contribution in [0.15, 0.2) is 40.6 Å². The molecule has 4 rings (SSSR count). The molecule has 1 aliphatic heterocycles. The first-order chi connectivity index (χ1) is 11.2. The van der Waals surface area contributed by atoms with E-state index < -0.39 is 11.0 Å². The third-order valence-electron chi connectivity index (χ3n) is 4.99. The summed E-state index contributed by atoms with van der Waals surface area (Å²) in [4.78, 5) is 3.79. The van der Waals surface area contributed by atoms with Gasteiger partial charge >= 0.3 is 0 Å². The van der Waals surface area contributed by atoms with Gasteiger partial charge in [-0.05, 0) is 55.9 Å². The summed E-state index contributed by atoms with van der Waals surface area (Å²) in [5, 5.41) is 0. The smallest absolute Gasteiger partial charge is 0.160 e. The van der Waals surface area contributed by atoms with E-state index in [4.69, 9.17) is 0 Å². The Bertz CT molecular complexity index is 727. The number of hydrogen-bond acceptors (Lipinski definition) is 3. The van der Waals surface area contributed by atoms with Crippen molar-refractivity contribution in [2.75, 3.05) is 16.2 Å². The molecule has 1 aromatic carbocycles. The fraction of sp³-hybridized carbons (Fsp3) is 0.444. The number of benzene rings is 1. The summed E-state index contributed by atoms with van der Waals surface area (Å²) in [5.41, 5.74) is 2.20. The molecular formula is C18H22N2OS2. The van der Waals surface area contributed by atoms with Gasteiger partial charge in [0.2, 0.25) is 0 Å². The monoisotopic (exact) mass is 346 g/mol. The fourth-order valence-electron chi connectivity index (χ4n) is 3.83. The molecule has 2 heterocycles. The molecule has 122 valence electrons. The number of anilines is 2. The number of para-hydroxylation sites is 2. The molecule has 0 amide bonds. The molecule has 2 aliphatic rings. The Hall–Kier alpha value is -1.33. The number of fused-ring (bicyclic) bond motifs is 2. The molecule has 1 saturated carbocycles. The maximum Gasteiger partial charge on any atom is 0.160 e. The van der Waals surface area contributed by atoms with Crippen molar-refractivity contribution in [1.29, 1.82) is 0 Å². The summed E-state index contributed by atoms with van der Waals surface area (Å²) >= 11 is 1.63. The molecule has 2 fully saturated rings. The van der Waals surface area contributed by atoms with E-state index in [1.54, 1.807) is 11.3 Å². The van der Waals surface area contributed by atoms with Crippen LogP contribution in [0.3, 0.4) is 0 Å². The molecule has 2 aromatic rings. The third kappa shape index (κ3) is 2.92. The van der Waals surface area contributed by atoms with Gasteiger partial charge < -0.3 is 4.90 Å². The minimum absolute atomic E-state index is 0.671. The lowest BCUT2D eigenvalue weighted by Gasteiger charge is -2.30. The van der Waals surface area contributed by atoms with E-state index in [-0.39, 0.29) is 0 Å². The highest BCUT2D eigenvalue weighted by Gasteiger charge is 2.38. The molecule has 3 nitrogen and oxygen atoms in total. The second kappa shape index (κ2) is 6.29. The van der Waals surface area contributed by atoms with Gasteiger partial charge in [-0.25, -0.2) is 4.21 Å². The van der Waals surface area contributed by atoms with Crippen LogP contribution in [-0.4, -0.2) is 16.8 Å². The Balaban J connectivity index is 1.56. The van der Waals surface area contributed by atoms with E-state index in [2.05, 4.69) is 34.7 Å². The van der Waals surface area contributed by atoms with E-state index in [1.807, 2.05) is 18.2 Å². The second-order valence-electron chi connectivity index (χ2n) is 6.45. The van der Waals surface area contributed by atoms with Crippen molar-refractivity contribution in [3.05, 3.63) is 41.3 Å². The van der Waals surface area contributed by atoms with Gasteiger partial charge in [-0.15, -0.1) is 11.3 Å². The molecule has 1 saturated heterocycles. The molecule has 1 N–H and O–H groups in total. The van der Waals surface area contributed by atoms with Gasteiger partial charge in [-0.2, -0.15) is 0 Å². The molecule has 3 atom stereocenters. The van der Waals surface area contributed by atoms with Crippen molar-refractivity contribution in [3.63, 3.8) is 0 Å². The van der Waals surface area contributed by atoms with Crippen LogP contribution < -0.4 is 9.62 Å². The number of hydrogen-bond donors (Lipinski definition) is 1. The predicted molar refractivity (Wildman–Crippen MR) is 98.6 cm³/mol. The number of rotatable bonds is 5. The van der Waals surface area contributed by atoms with Gasteiger partial charge in [-0.1, -0.05) is 19.1 Å². The molecule has 1 aliphatic carbocycles. The SMILES string of the molecule is CCc1ccc(S(=O)Nc2ccccc2N2CC3CCC2C3)s1. The topological polar surface area (TPSA) is 32.3 Å².